The van der Waals surface area contributed by atoms with Crippen molar-refractivity contribution in [1.29, 1.82) is 0 Å². The fraction of sp³-hybridized carbons (Fsp3) is 0.438. The third kappa shape index (κ3) is 4.53. The van der Waals surface area contributed by atoms with Crippen LogP contribution in [-0.4, -0.2) is 35.8 Å². The van der Waals surface area contributed by atoms with Crippen molar-refractivity contribution in [3.8, 4) is 0 Å². The highest BCUT2D eigenvalue weighted by Crippen LogP contribution is 2.13. The van der Waals surface area contributed by atoms with Crippen LogP contribution in [0.3, 0.4) is 0 Å². The Morgan fingerprint density at radius 2 is 1.87 bits per heavy atom. The van der Waals surface area contributed by atoms with Crippen LogP contribution in [0.1, 0.15) is 24.3 Å². The van der Waals surface area contributed by atoms with Crippen LogP contribution in [0.2, 0.25) is 0 Å². The first-order valence-corrected chi connectivity index (χ1v) is 7.47. The van der Waals surface area contributed by atoms with Crippen molar-refractivity contribution in [3.63, 3.8) is 0 Å². The van der Waals surface area contributed by atoms with Crippen molar-refractivity contribution in [2.24, 2.45) is 5.92 Å². The van der Waals surface area contributed by atoms with Gasteiger partial charge in [-0.3, -0.25) is 9.59 Å². The van der Waals surface area contributed by atoms with Crippen LogP contribution in [-0.2, 0) is 6.54 Å². The van der Waals surface area contributed by atoms with Crippen molar-refractivity contribution in [2.75, 3.05) is 20.1 Å². The normalized spacial score (nSPS) is 10.6. The monoisotopic (exact) mass is 338 g/mol. The highest BCUT2D eigenvalue weighted by atomic mass is 35.5. The fourth-order valence-electron chi connectivity index (χ4n) is 2.26. The summed E-state index contributed by atoms with van der Waals surface area (Å²) in [5.41, 5.74) is 0.142. The van der Waals surface area contributed by atoms with Gasteiger partial charge in [-0.05, 0) is 19.0 Å². The highest BCUT2D eigenvalue weighted by Gasteiger charge is 2.16. The van der Waals surface area contributed by atoms with Crippen LogP contribution in [0.4, 0.5) is 0 Å². The second-order valence-corrected chi connectivity index (χ2v) is 5.63. The van der Waals surface area contributed by atoms with Gasteiger partial charge in [0.1, 0.15) is 0 Å². The van der Waals surface area contributed by atoms with Crippen LogP contribution in [0.15, 0.2) is 29.1 Å². The first kappa shape index (κ1) is 19.1. The average Bonchev–Trinajstić information content (AvgIpc) is 2.50. The summed E-state index contributed by atoms with van der Waals surface area (Å²) in [5, 5.41) is 11.2. The molecule has 7 heteroatoms. The zero-order valence-electron chi connectivity index (χ0n) is 13.6. The van der Waals surface area contributed by atoms with Crippen molar-refractivity contribution >= 4 is 29.1 Å². The minimum absolute atomic E-state index is 0. The molecule has 1 aromatic heterocycles. The molecule has 0 aliphatic rings. The summed E-state index contributed by atoms with van der Waals surface area (Å²) in [4.78, 5) is 24.8. The summed E-state index contributed by atoms with van der Waals surface area (Å²) in [6, 6.07) is 7.10. The van der Waals surface area contributed by atoms with Gasteiger partial charge < -0.3 is 10.6 Å². The Labute approximate surface area is 141 Å². The minimum atomic E-state index is -0.260. The summed E-state index contributed by atoms with van der Waals surface area (Å²) >= 11 is 0. The molecule has 0 unspecified atom stereocenters. The molecule has 1 aromatic carbocycles. The summed E-state index contributed by atoms with van der Waals surface area (Å²) in [6.07, 6.45) is 0. The maximum atomic E-state index is 12.5. The Hall–Kier alpha value is -1.92. The Balaban J connectivity index is 0.00000264. The Kier molecular flexibility index (Phi) is 7.19. The zero-order chi connectivity index (χ0) is 16.1. The topological polar surface area (TPSA) is 76.0 Å². The molecule has 2 N–H and O–H groups in total. The van der Waals surface area contributed by atoms with E-state index in [-0.39, 0.29) is 29.8 Å². The molecular formula is C16H23ClN4O2. The van der Waals surface area contributed by atoms with Crippen molar-refractivity contribution in [1.82, 2.24) is 20.4 Å². The molecular weight excluding hydrogens is 316 g/mol. The number of hydrogen-bond acceptors (Lipinski definition) is 4. The second-order valence-electron chi connectivity index (χ2n) is 5.63. The number of nitrogens with one attached hydrogen (secondary N) is 2. The molecule has 1 heterocycles. The number of carbonyl (C=O) groups excluding carboxylic acids is 1. The first-order chi connectivity index (χ1) is 10.5. The lowest BCUT2D eigenvalue weighted by Crippen LogP contribution is -2.34. The molecule has 23 heavy (non-hydrogen) atoms. The molecule has 0 aliphatic heterocycles. The Morgan fingerprint density at radius 1 is 1.22 bits per heavy atom. The number of nitrogens with zero attached hydrogens (tertiary/aromatic N) is 2. The van der Waals surface area contributed by atoms with Gasteiger partial charge in [0.05, 0.1) is 5.39 Å². The van der Waals surface area contributed by atoms with Gasteiger partial charge in [-0.25, -0.2) is 4.68 Å². The van der Waals surface area contributed by atoms with Crippen LogP contribution < -0.4 is 16.2 Å². The van der Waals surface area contributed by atoms with Gasteiger partial charge in [-0.15, -0.1) is 12.4 Å². The minimum Gasteiger partial charge on any atom is -0.349 e. The third-order valence-electron chi connectivity index (χ3n) is 3.28. The maximum Gasteiger partial charge on any atom is 0.274 e. The van der Waals surface area contributed by atoms with Gasteiger partial charge in [0.25, 0.3) is 11.5 Å². The van der Waals surface area contributed by atoms with E-state index in [1.54, 1.807) is 24.3 Å². The van der Waals surface area contributed by atoms with E-state index in [1.165, 1.54) is 4.68 Å². The molecule has 0 aliphatic carbocycles. The quantitative estimate of drug-likeness (QED) is 0.781. The van der Waals surface area contributed by atoms with E-state index in [9.17, 15) is 9.59 Å². The van der Waals surface area contributed by atoms with Gasteiger partial charge in [-0.1, -0.05) is 32.0 Å². The lowest BCUT2D eigenvalue weighted by Gasteiger charge is -2.12. The van der Waals surface area contributed by atoms with Crippen LogP contribution in [0.25, 0.3) is 10.8 Å². The molecule has 0 bridgehead atoms. The average molecular weight is 339 g/mol. The van der Waals surface area contributed by atoms with E-state index in [2.05, 4.69) is 15.7 Å². The second kappa shape index (κ2) is 8.64. The third-order valence-corrected chi connectivity index (χ3v) is 3.28. The standard InChI is InChI=1S/C16H22N4O2.ClH/c1-11(2)10-20-16(22)13-7-5-4-6-12(13)14(19-20)15(21)18-9-8-17-3;/h4-7,11,17H,8-10H2,1-3H3,(H,18,21);1H. The number of carbonyl (C=O) groups is 1. The molecule has 0 saturated heterocycles. The van der Waals surface area contributed by atoms with E-state index in [0.717, 1.165) is 0 Å². The van der Waals surface area contributed by atoms with Crippen molar-refractivity contribution < 1.29 is 4.79 Å². The van der Waals surface area contributed by atoms with Gasteiger partial charge in [0.2, 0.25) is 0 Å². The molecule has 0 radical (unpaired) electrons. The molecule has 2 rings (SSSR count). The SMILES string of the molecule is CNCCNC(=O)c1nn(CC(C)C)c(=O)c2ccccc12.Cl. The molecule has 2 aromatic rings. The highest BCUT2D eigenvalue weighted by molar-refractivity contribution is 6.04. The molecule has 0 spiro atoms. The van der Waals surface area contributed by atoms with Gasteiger partial charge in [0, 0.05) is 25.0 Å². The largest absolute Gasteiger partial charge is 0.349 e. The number of amides is 1. The molecule has 0 fully saturated rings. The summed E-state index contributed by atoms with van der Waals surface area (Å²) < 4.78 is 1.39. The predicted molar refractivity (Wildman–Crippen MR) is 94.3 cm³/mol. The van der Waals surface area contributed by atoms with Crippen LogP contribution >= 0.6 is 12.4 Å². The maximum absolute atomic E-state index is 12.5. The number of aromatic nitrogens is 2. The zero-order valence-corrected chi connectivity index (χ0v) is 14.4. The van der Waals surface area contributed by atoms with Gasteiger partial charge >= 0.3 is 0 Å². The molecule has 0 atom stereocenters. The van der Waals surface area contributed by atoms with Gasteiger partial charge in [-0.2, -0.15) is 5.10 Å². The number of rotatable bonds is 6. The van der Waals surface area contributed by atoms with E-state index in [1.807, 2.05) is 20.9 Å². The fourth-order valence-corrected chi connectivity index (χ4v) is 2.26. The lowest BCUT2D eigenvalue weighted by atomic mass is 10.1. The Morgan fingerprint density at radius 3 is 2.48 bits per heavy atom. The lowest BCUT2D eigenvalue weighted by molar-refractivity contribution is 0.0948. The number of benzene rings is 1. The number of hydrogen-bond donors (Lipinski definition) is 2. The van der Waals surface area contributed by atoms with E-state index in [0.29, 0.717) is 36.1 Å². The summed E-state index contributed by atoms with van der Waals surface area (Å²) in [5.74, 6) is 0.00974. The van der Waals surface area contributed by atoms with E-state index in [4.69, 9.17) is 0 Å². The first-order valence-electron chi connectivity index (χ1n) is 7.47. The molecule has 0 saturated carbocycles. The predicted octanol–water partition coefficient (Wildman–Crippen LogP) is 1.42. The number of halogens is 1. The summed E-state index contributed by atoms with van der Waals surface area (Å²) in [6.45, 7) is 5.69. The number of fused-ring (bicyclic) bond motifs is 1. The smallest absolute Gasteiger partial charge is 0.274 e. The van der Waals surface area contributed by atoms with E-state index >= 15 is 0 Å². The van der Waals surface area contributed by atoms with Gasteiger partial charge in [0.15, 0.2) is 5.69 Å². The molecule has 1 amide bonds. The van der Waals surface area contributed by atoms with Crippen molar-refractivity contribution in [3.05, 3.63) is 40.3 Å². The van der Waals surface area contributed by atoms with Crippen molar-refractivity contribution in [2.45, 2.75) is 20.4 Å². The van der Waals surface area contributed by atoms with Crippen LogP contribution in [0.5, 0.6) is 0 Å². The molecule has 6 nitrogen and oxygen atoms in total. The van der Waals surface area contributed by atoms with E-state index < -0.39 is 0 Å². The summed E-state index contributed by atoms with van der Waals surface area (Å²) in [7, 11) is 1.82. The van der Waals surface area contributed by atoms with Crippen LogP contribution in [0, 0.1) is 5.92 Å². The molecule has 126 valence electrons. The Bertz CT molecular complexity index is 728. The number of likely N-dealkylation sites (N-methyl/N-ethyl adjacent to an activating group) is 1.